The molecule has 1 aromatic carbocycles. The molecule has 0 spiro atoms. The molecule has 1 aliphatic carbocycles. The topological polar surface area (TPSA) is 41.1 Å². The van der Waals surface area contributed by atoms with E-state index in [2.05, 4.69) is 34.2 Å². The summed E-state index contributed by atoms with van der Waals surface area (Å²) in [4.78, 5) is 13.3. The molecule has 1 atom stereocenters. The number of carbonyl (C=O) groups is 1. The summed E-state index contributed by atoms with van der Waals surface area (Å²) in [6, 6.07) is 10.5. The average Bonchev–Trinajstić information content (AvgIpc) is 3.19. The Morgan fingerprint density at radius 1 is 1.29 bits per heavy atom. The first kappa shape index (κ1) is 14.1. The van der Waals surface area contributed by atoms with Crippen LogP contribution in [0.1, 0.15) is 39.7 Å². The van der Waals surface area contributed by atoms with Gasteiger partial charge < -0.3 is 10.6 Å². The molecule has 2 N–H and O–H groups in total. The molecular weight excluding hydrogens is 280 g/mol. The third-order valence-electron chi connectivity index (χ3n) is 4.06. The molecule has 1 heterocycles. The van der Waals surface area contributed by atoms with E-state index >= 15 is 0 Å². The van der Waals surface area contributed by atoms with Gasteiger partial charge in [-0.25, -0.2) is 0 Å². The molecular formula is C17H20N2OS. The van der Waals surface area contributed by atoms with Crippen molar-refractivity contribution in [1.82, 2.24) is 5.32 Å². The van der Waals surface area contributed by atoms with Crippen LogP contribution < -0.4 is 10.6 Å². The molecule has 3 rings (SSSR count). The number of carbonyl (C=O) groups excluding carboxylic acids is 1. The highest BCUT2D eigenvalue weighted by molar-refractivity contribution is 7.10. The van der Waals surface area contributed by atoms with Crippen molar-refractivity contribution in [2.24, 2.45) is 5.92 Å². The Balaban J connectivity index is 1.88. The fourth-order valence-corrected chi connectivity index (χ4v) is 3.53. The van der Waals surface area contributed by atoms with E-state index in [1.54, 1.807) is 18.4 Å². The first-order chi connectivity index (χ1) is 10.2. The SMILES string of the molecule is CNC(=O)c1cccc(NC(c2cccs2)C2CC2)c1C. The summed E-state index contributed by atoms with van der Waals surface area (Å²) in [7, 11) is 1.67. The lowest BCUT2D eigenvalue weighted by atomic mass is 10.0. The van der Waals surface area contributed by atoms with Gasteiger partial charge in [0, 0.05) is 23.2 Å². The molecule has 1 amide bonds. The minimum absolute atomic E-state index is 0.0322. The number of rotatable bonds is 5. The number of benzene rings is 1. The summed E-state index contributed by atoms with van der Waals surface area (Å²) >= 11 is 1.80. The highest BCUT2D eigenvalue weighted by Gasteiger charge is 2.33. The van der Waals surface area contributed by atoms with Crippen LogP contribution in [0.3, 0.4) is 0 Å². The van der Waals surface area contributed by atoms with Crippen molar-refractivity contribution >= 4 is 22.9 Å². The molecule has 0 aliphatic heterocycles. The Bertz CT molecular complexity index is 632. The fourth-order valence-electron chi connectivity index (χ4n) is 2.66. The fraction of sp³-hybridized carbons (Fsp3) is 0.353. The van der Waals surface area contributed by atoms with E-state index in [0.717, 1.165) is 16.8 Å². The monoisotopic (exact) mass is 300 g/mol. The molecule has 110 valence electrons. The van der Waals surface area contributed by atoms with E-state index in [-0.39, 0.29) is 5.91 Å². The molecule has 1 saturated carbocycles. The van der Waals surface area contributed by atoms with E-state index in [1.165, 1.54) is 17.7 Å². The first-order valence-corrected chi connectivity index (χ1v) is 8.20. The van der Waals surface area contributed by atoms with Gasteiger partial charge in [0.15, 0.2) is 0 Å². The van der Waals surface area contributed by atoms with Gasteiger partial charge in [-0.05, 0) is 54.8 Å². The lowest BCUT2D eigenvalue weighted by molar-refractivity contribution is 0.0962. The van der Waals surface area contributed by atoms with Crippen molar-refractivity contribution in [3.8, 4) is 0 Å². The molecule has 2 aromatic rings. The summed E-state index contributed by atoms with van der Waals surface area (Å²) in [5, 5.41) is 8.49. The molecule has 0 saturated heterocycles. The van der Waals surface area contributed by atoms with Gasteiger partial charge >= 0.3 is 0 Å². The Morgan fingerprint density at radius 3 is 2.71 bits per heavy atom. The third-order valence-corrected chi connectivity index (χ3v) is 5.02. The molecule has 0 bridgehead atoms. The zero-order chi connectivity index (χ0) is 14.8. The molecule has 1 fully saturated rings. The minimum atomic E-state index is -0.0322. The van der Waals surface area contributed by atoms with Crippen LogP contribution in [0, 0.1) is 12.8 Å². The molecule has 1 aliphatic rings. The minimum Gasteiger partial charge on any atom is -0.377 e. The summed E-state index contributed by atoms with van der Waals surface area (Å²) in [6.07, 6.45) is 2.56. The highest BCUT2D eigenvalue weighted by Crippen LogP contribution is 2.44. The molecule has 1 unspecified atom stereocenters. The van der Waals surface area contributed by atoms with Crippen molar-refractivity contribution < 1.29 is 4.79 Å². The molecule has 21 heavy (non-hydrogen) atoms. The van der Waals surface area contributed by atoms with E-state index in [1.807, 2.05) is 19.1 Å². The van der Waals surface area contributed by atoms with E-state index in [9.17, 15) is 4.79 Å². The van der Waals surface area contributed by atoms with E-state index in [4.69, 9.17) is 0 Å². The van der Waals surface area contributed by atoms with Crippen LogP contribution >= 0.6 is 11.3 Å². The van der Waals surface area contributed by atoms with Gasteiger partial charge in [-0.2, -0.15) is 0 Å². The van der Waals surface area contributed by atoms with E-state index in [0.29, 0.717) is 12.0 Å². The molecule has 1 aromatic heterocycles. The summed E-state index contributed by atoms with van der Waals surface area (Å²) < 4.78 is 0. The molecule has 0 radical (unpaired) electrons. The maximum atomic E-state index is 11.9. The van der Waals surface area contributed by atoms with Crippen molar-refractivity contribution in [2.75, 3.05) is 12.4 Å². The zero-order valence-electron chi connectivity index (χ0n) is 12.3. The van der Waals surface area contributed by atoms with Crippen LogP contribution in [0.2, 0.25) is 0 Å². The number of hydrogen-bond donors (Lipinski definition) is 2. The number of nitrogens with one attached hydrogen (secondary N) is 2. The Morgan fingerprint density at radius 2 is 2.10 bits per heavy atom. The van der Waals surface area contributed by atoms with Crippen LogP contribution in [-0.4, -0.2) is 13.0 Å². The van der Waals surface area contributed by atoms with Gasteiger partial charge in [-0.1, -0.05) is 12.1 Å². The summed E-state index contributed by atoms with van der Waals surface area (Å²) in [5.74, 6) is 0.682. The highest BCUT2D eigenvalue weighted by atomic mass is 32.1. The number of thiophene rings is 1. The van der Waals surface area contributed by atoms with Crippen LogP contribution in [-0.2, 0) is 0 Å². The van der Waals surface area contributed by atoms with E-state index < -0.39 is 0 Å². The quantitative estimate of drug-likeness (QED) is 0.877. The maximum Gasteiger partial charge on any atom is 0.251 e. The molecule has 4 heteroatoms. The smallest absolute Gasteiger partial charge is 0.251 e. The predicted molar refractivity (Wildman–Crippen MR) is 88.0 cm³/mol. The van der Waals surface area contributed by atoms with Crippen LogP contribution in [0.15, 0.2) is 35.7 Å². The second-order valence-corrected chi connectivity index (χ2v) is 6.51. The number of anilines is 1. The standard InChI is InChI=1S/C17H20N2OS/c1-11-13(17(20)18-2)5-3-6-14(11)19-16(12-8-9-12)15-7-4-10-21-15/h3-7,10,12,16,19H,8-9H2,1-2H3,(H,18,20). The molecule has 3 nitrogen and oxygen atoms in total. The normalized spacial score (nSPS) is 15.5. The van der Waals surface area contributed by atoms with Crippen molar-refractivity contribution in [3.63, 3.8) is 0 Å². The Kier molecular flexibility index (Phi) is 3.97. The lowest BCUT2D eigenvalue weighted by Crippen LogP contribution is -2.20. The van der Waals surface area contributed by atoms with Gasteiger partial charge in [0.2, 0.25) is 0 Å². The maximum absolute atomic E-state index is 11.9. The van der Waals surface area contributed by atoms with Crippen LogP contribution in [0.4, 0.5) is 5.69 Å². The zero-order valence-corrected chi connectivity index (χ0v) is 13.2. The lowest BCUT2D eigenvalue weighted by Gasteiger charge is -2.21. The summed E-state index contributed by atoms with van der Waals surface area (Å²) in [5.41, 5.74) is 2.81. The van der Waals surface area contributed by atoms with Crippen molar-refractivity contribution in [2.45, 2.75) is 25.8 Å². The summed E-state index contributed by atoms with van der Waals surface area (Å²) in [6.45, 7) is 2.01. The van der Waals surface area contributed by atoms with Crippen molar-refractivity contribution in [3.05, 3.63) is 51.7 Å². The van der Waals surface area contributed by atoms with Gasteiger partial charge in [0.1, 0.15) is 0 Å². The average molecular weight is 300 g/mol. The largest absolute Gasteiger partial charge is 0.377 e. The van der Waals surface area contributed by atoms with Gasteiger partial charge in [0.05, 0.1) is 6.04 Å². The van der Waals surface area contributed by atoms with Gasteiger partial charge in [-0.3, -0.25) is 4.79 Å². The van der Waals surface area contributed by atoms with Crippen LogP contribution in [0.5, 0.6) is 0 Å². The second-order valence-electron chi connectivity index (χ2n) is 5.53. The Hall–Kier alpha value is -1.81. The number of amides is 1. The Labute approximate surface area is 129 Å². The predicted octanol–water partition coefficient (Wildman–Crippen LogP) is 3.98. The van der Waals surface area contributed by atoms with Crippen molar-refractivity contribution in [1.29, 1.82) is 0 Å². The second kappa shape index (κ2) is 5.90. The van der Waals surface area contributed by atoms with Gasteiger partial charge in [0.25, 0.3) is 5.91 Å². The van der Waals surface area contributed by atoms with Crippen LogP contribution in [0.25, 0.3) is 0 Å². The third kappa shape index (κ3) is 2.95. The number of hydrogen-bond acceptors (Lipinski definition) is 3. The van der Waals surface area contributed by atoms with Gasteiger partial charge in [-0.15, -0.1) is 11.3 Å². The first-order valence-electron chi connectivity index (χ1n) is 7.32.